The van der Waals surface area contributed by atoms with Crippen molar-refractivity contribution in [3.05, 3.63) is 5.82 Å². The average molecular weight is 252 g/mol. The fourth-order valence-electron chi connectivity index (χ4n) is 1.52. The van der Waals surface area contributed by atoms with E-state index in [1.165, 1.54) is 0 Å². The summed E-state index contributed by atoms with van der Waals surface area (Å²) in [7, 11) is 0. The second-order valence-electron chi connectivity index (χ2n) is 4.60. The van der Waals surface area contributed by atoms with Crippen LogP contribution in [0.5, 0.6) is 5.88 Å². The van der Waals surface area contributed by atoms with Gasteiger partial charge in [0.1, 0.15) is 11.5 Å². The maximum atomic E-state index is 6.02. The highest BCUT2D eigenvalue weighted by atomic mass is 16.5. The van der Waals surface area contributed by atoms with E-state index in [1.54, 1.807) is 0 Å². The third-order valence-electron chi connectivity index (χ3n) is 2.30. The molecule has 18 heavy (non-hydrogen) atoms. The number of aryl methyl sites for hydroxylation is 1. The van der Waals surface area contributed by atoms with Gasteiger partial charge in [-0.3, -0.25) is 0 Å². The molecule has 0 aliphatic heterocycles. The molecule has 3 N–H and O–H groups in total. The molecule has 1 aromatic rings. The van der Waals surface area contributed by atoms with Gasteiger partial charge in [0, 0.05) is 12.5 Å². The molecule has 0 unspecified atom stereocenters. The second-order valence-corrected chi connectivity index (χ2v) is 4.60. The Morgan fingerprint density at radius 3 is 2.50 bits per heavy atom. The molecular formula is C13H24N4O. The number of nitrogens with zero attached hydrogens (tertiary/aromatic N) is 2. The van der Waals surface area contributed by atoms with Crippen LogP contribution in [-0.4, -0.2) is 22.6 Å². The standard InChI is InChI=1S/C13H24N4O/c1-5-7-10-16-12(15-9(3)4)11(14)13(17-10)18-8-6-2/h9H,5-8,14H2,1-4H3,(H,15,16,17). The van der Waals surface area contributed by atoms with Gasteiger partial charge in [0.15, 0.2) is 5.82 Å². The first-order chi connectivity index (χ1) is 8.58. The number of anilines is 2. The Bertz CT molecular complexity index is 379. The Morgan fingerprint density at radius 1 is 1.22 bits per heavy atom. The molecule has 0 saturated heterocycles. The fraction of sp³-hybridized carbons (Fsp3) is 0.692. The highest BCUT2D eigenvalue weighted by Gasteiger charge is 2.13. The number of nitrogen functional groups attached to an aromatic ring is 1. The van der Waals surface area contributed by atoms with Gasteiger partial charge >= 0.3 is 0 Å². The molecule has 102 valence electrons. The number of rotatable bonds is 7. The minimum absolute atomic E-state index is 0.274. The molecule has 0 aliphatic carbocycles. The first-order valence-corrected chi connectivity index (χ1v) is 6.64. The maximum Gasteiger partial charge on any atom is 0.242 e. The molecule has 0 aliphatic rings. The lowest BCUT2D eigenvalue weighted by Crippen LogP contribution is -2.16. The van der Waals surface area contributed by atoms with Gasteiger partial charge in [0.05, 0.1) is 6.61 Å². The van der Waals surface area contributed by atoms with E-state index in [-0.39, 0.29) is 6.04 Å². The SMILES string of the molecule is CCCOc1nc(CCC)nc(NC(C)C)c1N. The van der Waals surface area contributed by atoms with Crippen LogP contribution in [-0.2, 0) is 6.42 Å². The average Bonchev–Trinajstić information content (AvgIpc) is 2.31. The molecule has 1 aromatic heterocycles. The van der Waals surface area contributed by atoms with E-state index in [9.17, 15) is 0 Å². The van der Waals surface area contributed by atoms with Crippen molar-refractivity contribution in [2.45, 2.75) is 53.0 Å². The fourth-order valence-corrected chi connectivity index (χ4v) is 1.52. The zero-order chi connectivity index (χ0) is 13.5. The van der Waals surface area contributed by atoms with Crippen LogP contribution >= 0.6 is 0 Å². The van der Waals surface area contributed by atoms with E-state index in [0.717, 1.165) is 25.1 Å². The van der Waals surface area contributed by atoms with E-state index in [0.29, 0.717) is 24.0 Å². The molecule has 0 aromatic carbocycles. The lowest BCUT2D eigenvalue weighted by molar-refractivity contribution is 0.305. The summed E-state index contributed by atoms with van der Waals surface area (Å²) in [5.41, 5.74) is 6.52. The molecule has 0 saturated carbocycles. The molecule has 0 fully saturated rings. The summed E-state index contributed by atoms with van der Waals surface area (Å²) in [6.45, 7) is 8.87. The minimum Gasteiger partial charge on any atom is -0.476 e. The summed E-state index contributed by atoms with van der Waals surface area (Å²) in [5, 5.41) is 3.23. The Hall–Kier alpha value is -1.52. The van der Waals surface area contributed by atoms with Crippen LogP contribution < -0.4 is 15.8 Å². The molecule has 0 radical (unpaired) electrons. The lowest BCUT2D eigenvalue weighted by Gasteiger charge is -2.15. The highest BCUT2D eigenvalue weighted by Crippen LogP contribution is 2.27. The minimum atomic E-state index is 0.274. The van der Waals surface area contributed by atoms with Crippen LogP contribution in [0, 0.1) is 0 Å². The number of hydrogen-bond donors (Lipinski definition) is 2. The third kappa shape index (κ3) is 4.05. The Balaban J connectivity index is 3.02. The van der Waals surface area contributed by atoms with E-state index in [1.807, 2.05) is 13.8 Å². The van der Waals surface area contributed by atoms with Crippen LogP contribution in [0.25, 0.3) is 0 Å². The number of nitrogens with one attached hydrogen (secondary N) is 1. The summed E-state index contributed by atoms with van der Waals surface area (Å²) in [6, 6.07) is 0.274. The van der Waals surface area contributed by atoms with Gasteiger partial charge in [0.25, 0.3) is 0 Å². The van der Waals surface area contributed by atoms with Crippen molar-refractivity contribution >= 4 is 11.5 Å². The Labute approximate surface area is 109 Å². The van der Waals surface area contributed by atoms with Gasteiger partial charge in [0.2, 0.25) is 5.88 Å². The van der Waals surface area contributed by atoms with E-state index in [2.05, 4.69) is 29.1 Å². The van der Waals surface area contributed by atoms with Gasteiger partial charge in [-0.25, -0.2) is 4.98 Å². The van der Waals surface area contributed by atoms with Crippen LogP contribution in [0.4, 0.5) is 11.5 Å². The number of ether oxygens (including phenoxy) is 1. The van der Waals surface area contributed by atoms with Gasteiger partial charge in [-0.1, -0.05) is 13.8 Å². The zero-order valence-electron chi connectivity index (χ0n) is 11.8. The van der Waals surface area contributed by atoms with Crippen molar-refractivity contribution in [3.63, 3.8) is 0 Å². The predicted octanol–water partition coefficient (Wildman–Crippen LogP) is 2.62. The van der Waals surface area contributed by atoms with E-state index in [4.69, 9.17) is 10.5 Å². The first kappa shape index (κ1) is 14.5. The van der Waals surface area contributed by atoms with Crippen LogP contribution in [0.1, 0.15) is 46.4 Å². The van der Waals surface area contributed by atoms with Crippen molar-refractivity contribution in [1.82, 2.24) is 9.97 Å². The Kier molecular flexibility index (Phi) is 5.68. The van der Waals surface area contributed by atoms with E-state index >= 15 is 0 Å². The topological polar surface area (TPSA) is 73.1 Å². The van der Waals surface area contributed by atoms with Gasteiger partial charge in [-0.2, -0.15) is 4.98 Å². The molecule has 1 rings (SSSR count). The number of hydrogen-bond acceptors (Lipinski definition) is 5. The van der Waals surface area contributed by atoms with Crippen LogP contribution in [0.3, 0.4) is 0 Å². The number of nitrogens with two attached hydrogens (primary N) is 1. The molecule has 1 heterocycles. The highest BCUT2D eigenvalue weighted by molar-refractivity contribution is 5.67. The van der Waals surface area contributed by atoms with Crippen molar-refractivity contribution in [2.24, 2.45) is 0 Å². The summed E-state index contributed by atoms with van der Waals surface area (Å²) in [6.07, 6.45) is 2.76. The van der Waals surface area contributed by atoms with Crippen LogP contribution in [0.2, 0.25) is 0 Å². The van der Waals surface area contributed by atoms with Crippen molar-refractivity contribution in [2.75, 3.05) is 17.7 Å². The summed E-state index contributed by atoms with van der Waals surface area (Å²) < 4.78 is 5.58. The molecule has 5 heteroatoms. The van der Waals surface area contributed by atoms with Crippen molar-refractivity contribution < 1.29 is 4.74 Å². The molecular weight excluding hydrogens is 228 g/mol. The van der Waals surface area contributed by atoms with Gasteiger partial charge in [-0.15, -0.1) is 0 Å². The molecule has 5 nitrogen and oxygen atoms in total. The van der Waals surface area contributed by atoms with Gasteiger partial charge in [-0.05, 0) is 26.7 Å². The monoisotopic (exact) mass is 252 g/mol. The summed E-state index contributed by atoms with van der Waals surface area (Å²) in [4.78, 5) is 8.81. The molecule has 0 bridgehead atoms. The Morgan fingerprint density at radius 2 is 1.94 bits per heavy atom. The normalized spacial score (nSPS) is 10.7. The predicted molar refractivity (Wildman–Crippen MR) is 75.0 cm³/mol. The zero-order valence-corrected chi connectivity index (χ0v) is 11.8. The summed E-state index contributed by atoms with van der Waals surface area (Å²) >= 11 is 0. The third-order valence-corrected chi connectivity index (χ3v) is 2.30. The maximum absolute atomic E-state index is 6.02. The van der Waals surface area contributed by atoms with Crippen molar-refractivity contribution in [1.29, 1.82) is 0 Å². The second kappa shape index (κ2) is 7.03. The molecule has 0 amide bonds. The largest absolute Gasteiger partial charge is 0.476 e. The van der Waals surface area contributed by atoms with Gasteiger partial charge < -0.3 is 15.8 Å². The smallest absolute Gasteiger partial charge is 0.242 e. The van der Waals surface area contributed by atoms with E-state index < -0.39 is 0 Å². The summed E-state index contributed by atoms with van der Waals surface area (Å²) in [5.74, 6) is 1.95. The quantitative estimate of drug-likeness (QED) is 0.780. The number of aromatic nitrogens is 2. The first-order valence-electron chi connectivity index (χ1n) is 6.64. The van der Waals surface area contributed by atoms with Crippen molar-refractivity contribution in [3.8, 4) is 5.88 Å². The molecule has 0 atom stereocenters. The lowest BCUT2D eigenvalue weighted by atomic mass is 10.3. The van der Waals surface area contributed by atoms with Crippen LogP contribution in [0.15, 0.2) is 0 Å². The molecule has 0 spiro atoms.